The van der Waals surface area contributed by atoms with Gasteiger partial charge < -0.3 is 9.42 Å². The summed E-state index contributed by atoms with van der Waals surface area (Å²) in [5, 5.41) is 4.05. The van der Waals surface area contributed by atoms with Crippen LogP contribution in [-0.4, -0.2) is 32.0 Å². The molecule has 0 N–H and O–H groups in total. The van der Waals surface area contributed by atoms with Gasteiger partial charge in [0.2, 0.25) is 17.6 Å². The third kappa shape index (κ3) is 5.03. The molecule has 0 radical (unpaired) electrons. The van der Waals surface area contributed by atoms with Crippen molar-refractivity contribution in [3.8, 4) is 11.4 Å². The fourth-order valence-electron chi connectivity index (χ4n) is 3.01. The lowest BCUT2D eigenvalue weighted by Gasteiger charge is -2.28. The van der Waals surface area contributed by atoms with E-state index in [9.17, 15) is 4.79 Å². The minimum absolute atomic E-state index is 0.0847. The fraction of sp³-hybridized carbons (Fsp3) is 0.364. The molecule has 0 fully saturated rings. The summed E-state index contributed by atoms with van der Waals surface area (Å²) in [5.74, 6) is 1.13. The lowest BCUT2D eigenvalue weighted by Crippen LogP contribution is -2.37. The Bertz CT molecular complexity index is 908. The second-order valence-corrected chi connectivity index (χ2v) is 7.02. The highest BCUT2D eigenvalue weighted by Gasteiger charge is 2.20. The molecule has 1 aromatic carbocycles. The van der Waals surface area contributed by atoms with Gasteiger partial charge in [0.25, 0.3) is 0 Å². The number of carbonyl (C=O) groups is 1. The molecule has 0 unspecified atom stereocenters. The number of hydrogen-bond acceptors (Lipinski definition) is 5. The summed E-state index contributed by atoms with van der Waals surface area (Å²) in [5.41, 5.74) is 3.13. The Labute approximate surface area is 165 Å². The van der Waals surface area contributed by atoms with Crippen molar-refractivity contribution < 1.29 is 9.32 Å². The SMILES string of the molecule is CC[C@@H](C)N(Cc1ccncc1)C(=O)CCc1nc(-c2cccc(C)c2)no1. The number of aromatic nitrogens is 3. The topological polar surface area (TPSA) is 72.1 Å². The van der Waals surface area contributed by atoms with Gasteiger partial charge in [-0.1, -0.05) is 35.8 Å². The maximum atomic E-state index is 12.9. The van der Waals surface area contributed by atoms with Crippen molar-refractivity contribution >= 4 is 5.91 Å². The third-order valence-electron chi connectivity index (χ3n) is 4.84. The maximum absolute atomic E-state index is 12.9. The maximum Gasteiger partial charge on any atom is 0.227 e. The molecule has 3 rings (SSSR count). The lowest BCUT2D eigenvalue weighted by atomic mass is 10.1. The van der Waals surface area contributed by atoms with Crippen molar-refractivity contribution in [3.05, 3.63) is 65.8 Å². The zero-order valence-corrected chi connectivity index (χ0v) is 16.6. The summed E-state index contributed by atoms with van der Waals surface area (Å²) in [4.78, 5) is 23.3. The van der Waals surface area contributed by atoms with E-state index in [0.29, 0.717) is 31.1 Å². The predicted molar refractivity (Wildman–Crippen MR) is 107 cm³/mol. The van der Waals surface area contributed by atoms with E-state index >= 15 is 0 Å². The number of aryl methyl sites for hydroxylation is 2. The minimum Gasteiger partial charge on any atom is -0.339 e. The van der Waals surface area contributed by atoms with Gasteiger partial charge in [-0.2, -0.15) is 4.98 Å². The standard InChI is InChI=1S/C22H26N4O2/c1-4-17(3)26(15-18-10-12-23-13-11-18)21(27)9-8-20-24-22(25-28-20)19-7-5-6-16(2)14-19/h5-7,10-14,17H,4,8-9,15H2,1-3H3/t17-/m1/s1. The second-order valence-electron chi connectivity index (χ2n) is 7.02. The van der Waals surface area contributed by atoms with Crippen LogP contribution in [-0.2, 0) is 17.8 Å². The largest absolute Gasteiger partial charge is 0.339 e. The van der Waals surface area contributed by atoms with Gasteiger partial charge in [-0.3, -0.25) is 9.78 Å². The Hall–Kier alpha value is -3.02. The van der Waals surface area contributed by atoms with Gasteiger partial charge in [0, 0.05) is 43.4 Å². The summed E-state index contributed by atoms with van der Waals surface area (Å²) in [6.07, 6.45) is 5.17. The van der Waals surface area contributed by atoms with Crippen LogP contribution in [0.1, 0.15) is 43.7 Å². The molecule has 0 saturated heterocycles. The third-order valence-corrected chi connectivity index (χ3v) is 4.84. The molecule has 6 heteroatoms. The normalized spacial score (nSPS) is 12.0. The number of benzene rings is 1. The van der Waals surface area contributed by atoms with E-state index < -0.39 is 0 Å². The average Bonchev–Trinajstić information content (AvgIpc) is 3.19. The zero-order valence-electron chi connectivity index (χ0n) is 16.6. The van der Waals surface area contributed by atoms with E-state index in [1.807, 2.05) is 48.2 Å². The number of hydrogen-bond donors (Lipinski definition) is 0. The van der Waals surface area contributed by atoms with Gasteiger partial charge >= 0.3 is 0 Å². The van der Waals surface area contributed by atoms with Gasteiger partial charge in [0.05, 0.1) is 0 Å². The number of pyridine rings is 1. The van der Waals surface area contributed by atoms with Crippen LogP contribution in [0.4, 0.5) is 0 Å². The Balaban J connectivity index is 1.64. The lowest BCUT2D eigenvalue weighted by molar-refractivity contribution is -0.134. The molecule has 1 amide bonds. The van der Waals surface area contributed by atoms with Gasteiger partial charge in [-0.15, -0.1) is 0 Å². The van der Waals surface area contributed by atoms with E-state index in [1.54, 1.807) is 12.4 Å². The monoisotopic (exact) mass is 378 g/mol. The quantitative estimate of drug-likeness (QED) is 0.587. The number of rotatable bonds is 8. The minimum atomic E-state index is 0.0847. The molecule has 28 heavy (non-hydrogen) atoms. The van der Waals surface area contributed by atoms with Crippen molar-refractivity contribution in [3.63, 3.8) is 0 Å². The van der Waals surface area contributed by atoms with Crippen molar-refractivity contribution in [2.75, 3.05) is 0 Å². The van der Waals surface area contributed by atoms with Crippen LogP contribution in [0.15, 0.2) is 53.3 Å². The van der Waals surface area contributed by atoms with Gasteiger partial charge in [-0.05, 0) is 44.0 Å². The zero-order chi connectivity index (χ0) is 19.9. The number of nitrogens with zero attached hydrogens (tertiary/aromatic N) is 4. The van der Waals surface area contributed by atoms with Crippen LogP contribution >= 0.6 is 0 Å². The Kier molecular flexibility index (Phi) is 6.53. The van der Waals surface area contributed by atoms with Crippen LogP contribution in [0.2, 0.25) is 0 Å². The molecule has 3 aromatic rings. The van der Waals surface area contributed by atoms with Gasteiger partial charge in [0.15, 0.2) is 0 Å². The van der Waals surface area contributed by atoms with Crippen LogP contribution in [0.3, 0.4) is 0 Å². The highest BCUT2D eigenvalue weighted by atomic mass is 16.5. The Morgan fingerprint density at radius 3 is 2.71 bits per heavy atom. The summed E-state index contributed by atoms with van der Waals surface area (Å²) in [6, 6.07) is 12.0. The molecule has 6 nitrogen and oxygen atoms in total. The molecule has 146 valence electrons. The van der Waals surface area contributed by atoms with Crippen molar-refractivity contribution in [1.82, 2.24) is 20.0 Å². The molecular formula is C22H26N4O2. The summed E-state index contributed by atoms with van der Waals surface area (Å²) < 4.78 is 5.35. The van der Waals surface area contributed by atoms with Crippen LogP contribution in [0, 0.1) is 6.92 Å². The molecule has 2 heterocycles. The van der Waals surface area contributed by atoms with Crippen molar-refractivity contribution in [2.24, 2.45) is 0 Å². The molecule has 0 bridgehead atoms. The molecule has 0 saturated carbocycles. The first-order valence-electron chi connectivity index (χ1n) is 9.64. The van der Waals surface area contributed by atoms with Gasteiger partial charge in [-0.25, -0.2) is 0 Å². The second kappa shape index (κ2) is 9.26. The molecule has 0 aliphatic rings. The first-order chi connectivity index (χ1) is 13.6. The molecule has 0 aliphatic heterocycles. The average molecular weight is 378 g/mol. The van der Waals surface area contributed by atoms with Crippen LogP contribution in [0.25, 0.3) is 11.4 Å². The van der Waals surface area contributed by atoms with E-state index in [1.165, 1.54) is 0 Å². The summed E-state index contributed by atoms with van der Waals surface area (Å²) >= 11 is 0. The van der Waals surface area contributed by atoms with E-state index in [2.05, 4.69) is 29.0 Å². The molecule has 0 spiro atoms. The summed E-state index contributed by atoms with van der Waals surface area (Å²) in [6.45, 7) is 6.76. The fourth-order valence-corrected chi connectivity index (χ4v) is 3.01. The smallest absolute Gasteiger partial charge is 0.227 e. The number of carbonyl (C=O) groups excluding carboxylic acids is 1. The molecule has 1 atom stereocenters. The Morgan fingerprint density at radius 1 is 1.21 bits per heavy atom. The highest BCUT2D eigenvalue weighted by Crippen LogP contribution is 2.18. The van der Waals surface area contributed by atoms with Gasteiger partial charge in [0.1, 0.15) is 0 Å². The molecular weight excluding hydrogens is 352 g/mol. The summed E-state index contributed by atoms with van der Waals surface area (Å²) in [7, 11) is 0. The predicted octanol–water partition coefficient (Wildman–Crippen LogP) is 4.20. The first-order valence-corrected chi connectivity index (χ1v) is 9.64. The number of amides is 1. The van der Waals surface area contributed by atoms with E-state index in [4.69, 9.17) is 4.52 Å². The van der Waals surface area contributed by atoms with Crippen molar-refractivity contribution in [2.45, 2.75) is 52.6 Å². The highest BCUT2D eigenvalue weighted by molar-refractivity contribution is 5.76. The Morgan fingerprint density at radius 2 is 2.00 bits per heavy atom. The molecule has 2 aromatic heterocycles. The van der Waals surface area contributed by atoms with Crippen molar-refractivity contribution in [1.29, 1.82) is 0 Å². The molecule has 0 aliphatic carbocycles. The first kappa shape index (κ1) is 19.7. The van der Waals surface area contributed by atoms with E-state index in [-0.39, 0.29) is 11.9 Å². The van der Waals surface area contributed by atoms with E-state index in [0.717, 1.165) is 23.1 Å². The van der Waals surface area contributed by atoms with Crippen LogP contribution in [0.5, 0.6) is 0 Å². The van der Waals surface area contributed by atoms with Crippen LogP contribution < -0.4 is 0 Å².